The predicted octanol–water partition coefficient (Wildman–Crippen LogP) is 2.51. The van der Waals surface area contributed by atoms with E-state index in [1.807, 2.05) is 30.3 Å². The number of carbonyl (C=O) groups is 1. The number of ether oxygens (including phenoxy) is 1. The van der Waals surface area contributed by atoms with Crippen molar-refractivity contribution in [2.75, 3.05) is 7.11 Å². The molecule has 0 saturated heterocycles. The molecular weight excluding hydrogens is 214 g/mol. The summed E-state index contributed by atoms with van der Waals surface area (Å²) < 4.78 is 4.75. The summed E-state index contributed by atoms with van der Waals surface area (Å²) in [7, 11) is 1.44. The van der Waals surface area contributed by atoms with E-state index in [0.717, 1.165) is 23.0 Å². The minimum atomic E-state index is -0.120. The fourth-order valence-corrected chi connectivity index (χ4v) is 2.22. The molecule has 1 aliphatic carbocycles. The summed E-state index contributed by atoms with van der Waals surface area (Å²) in [6, 6.07) is 12.1. The highest BCUT2D eigenvalue weighted by Gasteiger charge is 2.45. The van der Waals surface area contributed by atoms with E-state index in [-0.39, 0.29) is 17.8 Å². The second-order valence-electron chi connectivity index (χ2n) is 4.40. The smallest absolute Gasteiger partial charge is 0.309 e. The van der Waals surface area contributed by atoms with E-state index < -0.39 is 0 Å². The first-order chi connectivity index (χ1) is 8.29. The van der Waals surface area contributed by atoms with Crippen molar-refractivity contribution in [3.8, 4) is 0 Å². The highest BCUT2D eigenvalue weighted by Crippen LogP contribution is 2.47. The predicted molar refractivity (Wildman–Crippen MR) is 64.6 cm³/mol. The van der Waals surface area contributed by atoms with Gasteiger partial charge in [-0.3, -0.25) is 9.78 Å². The maximum absolute atomic E-state index is 11.4. The molecule has 3 nitrogen and oxygen atoms in total. The minimum Gasteiger partial charge on any atom is -0.469 e. The summed E-state index contributed by atoms with van der Waals surface area (Å²) in [5, 5.41) is 1.13. The Kier molecular flexibility index (Phi) is 2.32. The third kappa shape index (κ3) is 1.78. The van der Waals surface area contributed by atoms with Crippen LogP contribution in [0.15, 0.2) is 36.4 Å². The number of hydrogen-bond acceptors (Lipinski definition) is 3. The van der Waals surface area contributed by atoms with Gasteiger partial charge in [-0.1, -0.05) is 24.3 Å². The van der Waals surface area contributed by atoms with Crippen LogP contribution in [0.3, 0.4) is 0 Å². The first-order valence-electron chi connectivity index (χ1n) is 5.73. The Bertz CT molecular complexity index is 579. The Balaban J connectivity index is 1.90. The molecule has 3 rings (SSSR count). The number of hydrogen-bond donors (Lipinski definition) is 0. The molecule has 1 fully saturated rings. The Labute approximate surface area is 99.4 Å². The molecule has 0 spiro atoms. The van der Waals surface area contributed by atoms with E-state index in [1.54, 1.807) is 0 Å². The summed E-state index contributed by atoms with van der Waals surface area (Å²) in [4.78, 5) is 16.0. The van der Waals surface area contributed by atoms with Crippen molar-refractivity contribution in [2.45, 2.75) is 12.3 Å². The number of esters is 1. The van der Waals surface area contributed by atoms with Crippen LogP contribution in [0.5, 0.6) is 0 Å². The minimum absolute atomic E-state index is 0.00802. The molecule has 2 aromatic rings. The summed E-state index contributed by atoms with van der Waals surface area (Å²) in [6.45, 7) is 0. The summed E-state index contributed by atoms with van der Waals surface area (Å²) >= 11 is 0. The van der Waals surface area contributed by atoms with Gasteiger partial charge in [0.15, 0.2) is 0 Å². The van der Waals surface area contributed by atoms with Crippen LogP contribution >= 0.6 is 0 Å². The standard InChI is InChI=1S/C14H13NO2/c1-17-14(16)11-8-10(11)13-7-6-9-4-2-3-5-12(9)15-13/h2-7,10-11H,8H2,1H3. The van der Waals surface area contributed by atoms with Crippen molar-refractivity contribution in [3.63, 3.8) is 0 Å². The molecule has 3 heteroatoms. The lowest BCUT2D eigenvalue weighted by Crippen LogP contribution is -2.04. The molecule has 2 unspecified atom stereocenters. The van der Waals surface area contributed by atoms with Crippen LogP contribution in [0.1, 0.15) is 18.0 Å². The van der Waals surface area contributed by atoms with Gasteiger partial charge in [0, 0.05) is 17.0 Å². The Morgan fingerprint density at radius 1 is 1.29 bits per heavy atom. The van der Waals surface area contributed by atoms with Gasteiger partial charge in [0.25, 0.3) is 0 Å². The van der Waals surface area contributed by atoms with Gasteiger partial charge in [0.1, 0.15) is 0 Å². The molecule has 1 aromatic heterocycles. The van der Waals surface area contributed by atoms with Gasteiger partial charge < -0.3 is 4.74 Å². The molecular formula is C14H13NO2. The van der Waals surface area contributed by atoms with Crippen LogP contribution in [-0.2, 0) is 9.53 Å². The quantitative estimate of drug-likeness (QED) is 0.740. The number of fused-ring (bicyclic) bond motifs is 1. The zero-order valence-corrected chi connectivity index (χ0v) is 9.59. The molecule has 86 valence electrons. The number of carbonyl (C=O) groups excluding carboxylic acids is 1. The Hall–Kier alpha value is -1.90. The second kappa shape index (κ2) is 3.84. The first-order valence-corrected chi connectivity index (χ1v) is 5.73. The van der Waals surface area contributed by atoms with Crippen LogP contribution in [-0.4, -0.2) is 18.1 Å². The third-order valence-electron chi connectivity index (χ3n) is 3.29. The highest BCUT2D eigenvalue weighted by molar-refractivity contribution is 5.80. The molecule has 1 saturated carbocycles. The van der Waals surface area contributed by atoms with Crippen LogP contribution in [0.4, 0.5) is 0 Å². The van der Waals surface area contributed by atoms with E-state index >= 15 is 0 Å². The lowest BCUT2D eigenvalue weighted by atomic mass is 10.1. The maximum Gasteiger partial charge on any atom is 0.309 e. The number of benzene rings is 1. The van der Waals surface area contributed by atoms with Crippen molar-refractivity contribution in [1.82, 2.24) is 4.98 Å². The average molecular weight is 227 g/mol. The highest BCUT2D eigenvalue weighted by atomic mass is 16.5. The van der Waals surface area contributed by atoms with Crippen LogP contribution in [0.2, 0.25) is 0 Å². The monoisotopic (exact) mass is 227 g/mol. The molecule has 0 aliphatic heterocycles. The van der Waals surface area contributed by atoms with Gasteiger partial charge in [-0.15, -0.1) is 0 Å². The van der Waals surface area contributed by atoms with Gasteiger partial charge in [-0.2, -0.15) is 0 Å². The summed E-state index contributed by atoms with van der Waals surface area (Å²) in [6.07, 6.45) is 0.859. The van der Waals surface area contributed by atoms with Gasteiger partial charge in [-0.25, -0.2) is 0 Å². The van der Waals surface area contributed by atoms with Crippen LogP contribution < -0.4 is 0 Å². The lowest BCUT2D eigenvalue weighted by Gasteiger charge is -2.02. The largest absolute Gasteiger partial charge is 0.469 e. The molecule has 17 heavy (non-hydrogen) atoms. The van der Waals surface area contributed by atoms with E-state index in [4.69, 9.17) is 4.74 Å². The van der Waals surface area contributed by atoms with E-state index in [0.29, 0.717) is 0 Å². The van der Waals surface area contributed by atoms with Gasteiger partial charge in [-0.05, 0) is 18.6 Å². The van der Waals surface area contributed by atoms with Crippen LogP contribution in [0.25, 0.3) is 10.9 Å². The van der Waals surface area contributed by atoms with Gasteiger partial charge in [0.2, 0.25) is 0 Å². The number of nitrogens with zero attached hydrogens (tertiary/aromatic N) is 1. The Morgan fingerprint density at radius 2 is 2.12 bits per heavy atom. The molecule has 0 bridgehead atoms. The number of aromatic nitrogens is 1. The van der Waals surface area contributed by atoms with Crippen molar-refractivity contribution in [3.05, 3.63) is 42.1 Å². The number of rotatable bonds is 2. The molecule has 0 radical (unpaired) electrons. The fraction of sp³-hybridized carbons (Fsp3) is 0.286. The van der Waals surface area contributed by atoms with Crippen molar-refractivity contribution < 1.29 is 9.53 Å². The molecule has 2 atom stereocenters. The molecule has 1 heterocycles. The number of methoxy groups -OCH3 is 1. The van der Waals surface area contributed by atoms with Crippen molar-refractivity contribution >= 4 is 16.9 Å². The zero-order valence-electron chi connectivity index (χ0n) is 9.59. The fourth-order valence-electron chi connectivity index (χ4n) is 2.22. The normalized spacial score (nSPS) is 22.4. The maximum atomic E-state index is 11.4. The number of pyridine rings is 1. The molecule has 0 amide bonds. The first kappa shape index (κ1) is 10.3. The van der Waals surface area contributed by atoms with Crippen molar-refractivity contribution in [1.29, 1.82) is 0 Å². The van der Waals surface area contributed by atoms with E-state index in [1.165, 1.54) is 7.11 Å². The lowest BCUT2D eigenvalue weighted by molar-refractivity contribution is -0.142. The molecule has 1 aliphatic rings. The van der Waals surface area contributed by atoms with Crippen molar-refractivity contribution in [2.24, 2.45) is 5.92 Å². The number of para-hydroxylation sites is 1. The van der Waals surface area contributed by atoms with E-state index in [9.17, 15) is 4.79 Å². The van der Waals surface area contributed by atoms with Crippen LogP contribution in [0, 0.1) is 5.92 Å². The second-order valence-corrected chi connectivity index (χ2v) is 4.40. The average Bonchev–Trinajstić information content (AvgIpc) is 3.17. The SMILES string of the molecule is COC(=O)C1CC1c1ccc2ccccc2n1. The third-order valence-corrected chi connectivity index (χ3v) is 3.29. The van der Waals surface area contributed by atoms with Gasteiger partial charge in [0.05, 0.1) is 18.5 Å². The Morgan fingerprint density at radius 3 is 2.94 bits per heavy atom. The zero-order chi connectivity index (χ0) is 11.8. The van der Waals surface area contributed by atoms with E-state index in [2.05, 4.69) is 11.1 Å². The molecule has 0 N–H and O–H groups in total. The topological polar surface area (TPSA) is 39.2 Å². The van der Waals surface area contributed by atoms with Gasteiger partial charge >= 0.3 is 5.97 Å². The summed E-state index contributed by atoms with van der Waals surface area (Å²) in [5.41, 5.74) is 1.99. The summed E-state index contributed by atoms with van der Waals surface area (Å²) in [5.74, 6) is 0.130. The molecule has 1 aromatic carbocycles.